The second-order valence-corrected chi connectivity index (χ2v) is 5.44. The number of halogens is 1. The zero-order chi connectivity index (χ0) is 14.7. The van der Waals surface area contributed by atoms with Gasteiger partial charge in [-0.3, -0.25) is 0 Å². The quantitative estimate of drug-likeness (QED) is 0.741. The minimum Gasteiger partial charge on any atom is -0.478 e. The number of benzene rings is 2. The van der Waals surface area contributed by atoms with Crippen LogP contribution < -0.4 is 11.1 Å². The van der Waals surface area contributed by atoms with Gasteiger partial charge in [0.2, 0.25) is 0 Å². The van der Waals surface area contributed by atoms with Crippen LogP contribution in [0.2, 0.25) is 0 Å². The van der Waals surface area contributed by atoms with Gasteiger partial charge in [-0.15, -0.1) is 0 Å². The lowest BCUT2D eigenvalue weighted by atomic mass is 10.1. The van der Waals surface area contributed by atoms with Crippen molar-refractivity contribution in [3.05, 3.63) is 58.1 Å². The number of nitrogens with two attached hydrogens (primary N) is 1. The highest BCUT2D eigenvalue weighted by Gasteiger charge is 2.10. The van der Waals surface area contributed by atoms with Crippen LogP contribution in [0.5, 0.6) is 0 Å². The minimum atomic E-state index is -0.968. The summed E-state index contributed by atoms with van der Waals surface area (Å²) in [6, 6.07) is 12.6. The molecule has 0 aliphatic rings. The van der Waals surface area contributed by atoms with Crippen molar-refractivity contribution >= 4 is 33.3 Å². The van der Waals surface area contributed by atoms with Crippen LogP contribution in [0, 0.1) is 0 Å². The van der Waals surface area contributed by atoms with Crippen LogP contribution in [-0.2, 0) is 0 Å². The Balaban J connectivity index is 2.22. The molecule has 0 aliphatic carbocycles. The minimum absolute atomic E-state index is 0.0226. The third-order valence-electron chi connectivity index (χ3n) is 3.04. The third kappa shape index (κ3) is 3.30. The number of anilines is 2. The van der Waals surface area contributed by atoms with E-state index < -0.39 is 5.97 Å². The topological polar surface area (TPSA) is 75.3 Å². The first-order chi connectivity index (χ1) is 9.47. The van der Waals surface area contributed by atoms with E-state index in [1.165, 1.54) is 6.07 Å². The van der Waals surface area contributed by atoms with Gasteiger partial charge in [0, 0.05) is 10.5 Å². The summed E-state index contributed by atoms with van der Waals surface area (Å²) in [5.74, 6) is -0.968. The van der Waals surface area contributed by atoms with E-state index in [-0.39, 0.29) is 11.6 Å². The van der Waals surface area contributed by atoms with E-state index in [1.54, 1.807) is 12.1 Å². The molecule has 0 aromatic heterocycles. The number of nitrogen functional groups attached to an aromatic ring is 1. The first-order valence-corrected chi connectivity index (χ1v) is 6.91. The van der Waals surface area contributed by atoms with Gasteiger partial charge in [0.05, 0.1) is 16.9 Å². The third-order valence-corrected chi connectivity index (χ3v) is 3.57. The SMILES string of the molecule is CC(Nc1cc(C(=O)O)ccc1N)c1ccc(Br)cc1. The van der Waals surface area contributed by atoms with Gasteiger partial charge >= 0.3 is 5.97 Å². The molecule has 20 heavy (non-hydrogen) atoms. The van der Waals surface area contributed by atoms with Crippen molar-refractivity contribution in [1.29, 1.82) is 0 Å². The molecule has 2 aromatic rings. The molecule has 0 spiro atoms. The maximum atomic E-state index is 11.0. The summed E-state index contributed by atoms with van der Waals surface area (Å²) in [5.41, 5.74) is 8.33. The van der Waals surface area contributed by atoms with Crippen LogP contribution in [-0.4, -0.2) is 11.1 Å². The molecule has 0 bridgehead atoms. The molecule has 104 valence electrons. The molecule has 4 nitrogen and oxygen atoms in total. The molecule has 0 aliphatic heterocycles. The number of hydrogen-bond acceptors (Lipinski definition) is 3. The molecule has 0 amide bonds. The molecule has 0 saturated carbocycles. The maximum absolute atomic E-state index is 11.0. The van der Waals surface area contributed by atoms with Gasteiger partial charge in [0.1, 0.15) is 0 Å². The summed E-state index contributed by atoms with van der Waals surface area (Å²) < 4.78 is 1.01. The Morgan fingerprint density at radius 3 is 2.50 bits per heavy atom. The van der Waals surface area contributed by atoms with Crippen molar-refractivity contribution in [3.8, 4) is 0 Å². The molecule has 5 heteroatoms. The summed E-state index contributed by atoms with van der Waals surface area (Å²) >= 11 is 3.39. The van der Waals surface area contributed by atoms with Crippen LogP contribution in [0.1, 0.15) is 28.9 Å². The number of hydrogen-bond donors (Lipinski definition) is 3. The molecule has 0 fully saturated rings. The van der Waals surface area contributed by atoms with Crippen molar-refractivity contribution in [2.24, 2.45) is 0 Å². The second-order valence-electron chi connectivity index (χ2n) is 4.52. The summed E-state index contributed by atoms with van der Waals surface area (Å²) in [5, 5.41) is 12.2. The van der Waals surface area contributed by atoms with Crippen molar-refractivity contribution < 1.29 is 9.90 Å². The van der Waals surface area contributed by atoms with Crippen molar-refractivity contribution in [2.45, 2.75) is 13.0 Å². The fourth-order valence-corrected chi connectivity index (χ4v) is 2.15. The highest BCUT2D eigenvalue weighted by molar-refractivity contribution is 9.10. The van der Waals surface area contributed by atoms with Gasteiger partial charge in [-0.1, -0.05) is 28.1 Å². The summed E-state index contributed by atoms with van der Waals surface area (Å²) in [6.45, 7) is 2.00. The Kier molecular flexibility index (Phi) is 4.29. The summed E-state index contributed by atoms with van der Waals surface area (Å²) in [4.78, 5) is 11.0. The van der Waals surface area contributed by atoms with Gasteiger partial charge in [0.25, 0.3) is 0 Å². The highest BCUT2D eigenvalue weighted by Crippen LogP contribution is 2.26. The van der Waals surface area contributed by atoms with Crippen molar-refractivity contribution in [2.75, 3.05) is 11.1 Å². The fraction of sp³-hybridized carbons (Fsp3) is 0.133. The predicted octanol–water partition coefficient (Wildman–Crippen LogP) is 3.90. The monoisotopic (exact) mass is 334 g/mol. The van der Waals surface area contributed by atoms with Gasteiger partial charge in [0.15, 0.2) is 0 Å². The zero-order valence-corrected chi connectivity index (χ0v) is 12.5. The van der Waals surface area contributed by atoms with Crippen molar-refractivity contribution in [3.63, 3.8) is 0 Å². The molecule has 1 atom stereocenters. The van der Waals surface area contributed by atoms with Crippen molar-refractivity contribution in [1.82, 2.24) is 0 Å². The molecule has 1 unspecified atom stereocenters. The van der Waals surface area contributed by atoms with Gasteiger partial charge in [-0.2, -0.15) is 0 Å². The van der Waals surface area contributed by atoms with E-state index in [1.807, 2.05) is 31.2 Å². The fourth-order valence-electron chi connectivity index (χ4n) is 1.88. The van der Waals surface area contributed by atoms with Crippen LogP contribution in [0.15, 0.2) is 46.9 Å². The van der Waals surface area contributed by atoms with Crippen LogP contribution in [0.3, 0.4) is 0 Å². The molecule has 4 N–H and O–H groups in total. The normalized spacial score (nSPS) is 11.9. The molecule has 0 radical (unpaired) electrons. The molecular formula is C15H15BrN2O2. The van der Waals surface area contributed by atoms with Gasteiger partial charge in [-0.25, -0.2) is 4.79 Å². The van der Waals surface area contributed by atoms with Crippen LogP contribution in [0.4, 0.5) is 11.4 Å². The number of carboxylic acid groups (broad SMARTS) is 1. The number of aromatic carboxylic acids is 1. The Bertz CT molecular complexity index is 626. The molecule has 2 aromatic carbocycles. The summed E-state index contributed by atoms with van der Waals surface area (Å²) in [6.07, 6.45) is 0. The smallest absolute Gasteiger partial charge is 0.335 e. The molecule has 2 rings (SSSR count). The van der Waals surface area contributed by atoms with E-state index in [9.17, 15) is 4.79 Å². The van der Waals surface area contributed by atoms with Crippen LogP contribution in [0.25, 0.3) is 0 Å². The number of nitrogens with one attached hydrogen (secondary N) is 1. The Hall–Kier alpha value is -2.01. The van der Waals surface area contributed by atoms with E-state index in [4.69, 9.17) is 10.8 Å². The summed E-state index contributed by atoms with van der Waals surface area (Å²) in [7, 11) is 0. The average molecular weight is 335 g/mol. The molecular weight excluding hydrogens is 320 g/mol. The lowest BCUT2D eigenvalue weighted by molar-refractivity contribution is 0.0697. The first kappa shape index (κ1) is 14.4. The van der Waals surface area contributed by atoms with E-state index in [0.717, 1.165) is 10.0 Å². The van der Waals surface area contributed by atoms with E-state index in [0.29, 0.717) is 11.4 Å². The Labute approximate surface area is 125 Å². The Morgan fingerprint density at radius 2 is 1.90 bits per heavy atom. The number of carboxylic acids is 1. The standard InChI is InChI=1S/C15H15BrN2O2/c1-9(10-2-5-12(16)6-3-10)18-14-8-11(15(19)20)4-7-13(14)17/h2-9,18H,17H2,1H3,(H,19,20). The highest BCUT2D eigenvalue weighted by atomic mass is 79.9. The number of rotatable bonds is 4. The Morgan fingerprint density at radius 1 is 1.25 bits per heavy atom. The van der Waals surface area contributed by atoms with Crippen LogP contribution >= 0.6 is 15.9 Å². The predicted molar refractivity (Wildman–Crippen MR) is 84.0 cm³/mol. The second kappa shape index (κ2) is 5.96. The van der Waals surface area contributed by atoms with E-state index in [2.05, 4.69) is 21.2 Å². The van der Waals surface area contributed by atoms with Gasteiger partial charge < -0.3 is 16.2 Å². The maximum Gasteiger partial charge on any atom is 0.335 e. The first-order valence-electron chi connectivity index (χ1n) is 6.12. The lowest BCUT2D eigenvalue weighted by Crippen LogP contribution is -2.09. The molecule has 0 saturated heterocycles. The van der Waals surface area contributed by atoms with Gasteiger partial charge in [-0.05, 0) is 42.8 Å². The number of carbonyl (C=O) groups is 1. The largest absolute Gasteiger partial charge is 0.478 e. The van der Waals surface area contributed by atoms with E-state index >= 15 is 0 Å². The molecule has 0 heterocycles. The lowest BCUT2D eigenvalue weighted by Gasteiger charge is -2.17. The average Bonchev–Trinajstić information content (AvgIpc) is 2.41. The zero-order valence-electron chi connectivity index (χ0n) is 10.9.